The predicted molar refractivity (Wildman–Crippen MR) is 82.2 cm³/mol. The van der Waals surface area contributed by atoms with Crippen LogP contribution in [0.25, 0.3) is 11.3 Å². The monoisotopic (exact) mass is 327 g/mol. The lowest BCUT2D eigenvalue weighted by Crippen LogP contribution is -2.30. The minimum Gasteiger partial charge on any atom is -0.259 e. The molecule has 0 radical (unpaired) electrons. The number of rotatable bonds is 1. The SMILES string of the molecule is CSc1ncc2c(n1)-c1c(sc(C)c1C)N(C)S2(=O)=O. The van der Waals surface area contributed by atoms with E-state index in [1.807, 2.05) is 20.1 Å². The van der Waals surface area contributed by atoms with Gasteiger partial charge in [-0.1, -0.05) is 11.8 Å². The molecule has 0 unspecified atom stereocenters. The maximum Gasteiger partial charge on any atom is 0.268 e. The maximum absolute atomic E-state index is 12.5. The van der Waals surface area contributed by atoms with Crippen molar-refractivity contribution in [2.45, 2.75) is 23.9 Å². The van der Waals surface area contributed by atoms with Crippen molar-refractivity contribution >= 4 is 38.1 Å². The lowest BCUT2D eigenvalue weighted by Gasteiger charge is -2.25. The van der Waals surface area contributed by atoms with Crippen LogP contribution < -0.4 is 4.31 Å². The van der Waals surface area contributed by atoms with E-state index in [4.69, 9.17) is 0 Å². The van der Waals surface area contributed by atoms with Crippen molar-refractivity contribution in [3.8, 4) is 11.3 Å². The summed E-state index contributed by atoms with van der Waals surface area (Å²) in [6, 6.07) is 0. The molecule has 2 aromatic heterocycles. The molecule has 0 bridgehead atoms. The van der Waals surface area contributed by atoms with Crippen molar-refractivity contribution in [2.24, 2.45) is 0 Å². The molecule has 2 aromatic rings. The van der Waals surface area contributed by atoms with E-state index in [2.05, 4.69) is 9.97 Å². The van der Waals surface area contributed by atoms with Crippen molar-refractivity contribution in [3.63, 3.8) is 0 Å². The lowest BCUT2D eigenvalue weighted by molar-refractivity contribution is 0.592. The van der Waals surface area contributed by atoms with Gasteiger partial charge in [-0.25, -0.2) is 18.4 Å². The Balaban J connectivity index is 2.44. The van der Waals surface area contributed by atoms with Gasteiger partial charge in [0.1, 0.15) is 9.90 Å². The van der Waals surface area contributed by atoms with E-state index < -0.39 is 10.0 Å². The summed E-state index contributed by atoms with van der Waals surface area (Å²) in [5, 5.41) is 1.32. The molecule has 3 heterocycles. The molecule has 0 aromatic carbocycles. The molecule has 3 rings (SSSR count). The summed E-state index contributed by atoms with van der Waals surface area (Å²) in [6.07, 6.45) is 3.28. The van der Waals surface area contributed by atoms with Crippen LogP contribution in [0.2, 0.25) is 0 Å². The average molecular weight is 327 g/mol. The molecule has 0 fully saturated rings. The molecule has 0 atom stereocenters. The van der Waals surface area contributed by atoms with Gasteiger partial charge in [0.25, 0.3) is 10.0 Å². The Hall–Kier alpha value is -1.12. The highest BCUT2D eigenvalue weighted by atomic mass is 32.2. The van der Waals surface area contributed by atoms with Gasteiger partial charge in [0, 0.05) is 17.5 Å². The van der Waals surface area contributed by atoms with Gasteiger partial charge in [0.2, 0.25) is 0 Å². The van der Waals surface area contributed by atoms with Gasteiger partial charge >= 0.3 is 0 Å². The Morgan fingerprint density at radius 2 is 2.05 bits per heavy atom. The molecular formula is C12H13N3O2S3. The normalized spacial score (nSPS) is 15.9. The second-order valence-electron chi connectivity index (χ2n) is 4.51. The van der Waals surface area contributed by atoms with Crippen molar-refractivity contribution in [1.29, 1.82) is 0 Å². The zero-order valence-corrected chi connectivity index (χ0v) is 13.9. The van der Waals surface area contributed by atoms with Gasteiger partial charge in [-0.15, -0.1) is 11.3 Å². The summed E-state index contributed by atoms with van der Waals surface area (Å²) in [6.45, 7) is 4.00. The number of sulfonamides is 1. The van der Waals surface area contributed by atoms with Crippen LogP contribution in [0.4, 0.5) is 5.00 Å². The van der Waals surface area contributed by atoms with E-state index >= 15 is 0 Å². The van der Waals surface area contributed by atoms with Crippen molar-refractivity contribution in [2.75, 3.05) is 17.6 Å². The molecule has 106 valence electrons. The van der Waals surface area contributed by atoms with Crippen LogP contribution in [0.5, 0.6) is 0 Å². The molecule has 8 heteroatoms. The fraction of sp³-hybridized carbons (Fsp3) is 0.333. The van der Waals surface area contributed by atoms with Gasteiger partial charge in [-0.3, -0.25) is 4.31 Å². The van der Waals surface area contributed by atoms with Crippen molar-refractivity contribution in [1.82, 2.24) is 9.97 Å². The minimum absolute atomic E-state index is 0.186. The van der Waals surface area contributed by atoms with Gasteiger partial charge in [0.15, 0.2) is 5.16 Å². The standard InChI is InChI=1S/C12H13N3O2S3/c1-6-7(2)19-11-9(6)10-8(20(16,17)15(11)3)5-13-12(14-10)18-4/h5H,1-4H3. The van der Waals surface area contributed by atoms with E-state index in [9.17, 15) is 8.42 Å². The number of thiophene rings is 1. The van der Waals surface area contributed by atoms with Gasteiger partial charge in [0.05, 0.1) is 11.9 Å². The maximum atomic E-state index is 12.5. The minimum atomic E-state index is -3.55. The number of nitrogens with zero attached hydrogens (tertiary/aromatic N) is 3. The largest absolute Gasteiger partial charge is 0.268 e. The number of anilines is 1. The summed E-state index contributed by atoms with van der Waals surface area (Å²) in [5.41, 5.74) is 2.52. The molecule has 0 aliphatic carbocycles. The Labute approximate surface area is 126 Å². The van der Waals surface area contributed by atoms with E-state index in [1.165, 1.54) is 33.6 Å². The van der Waals surface area contributed by atoms with Crippen LogP contribution in [-0.2, 0) is 10.0 Å². The number of thioether (sulfide) groups is 1. The summed E-state index contributed by atoms with van der Waals surface area (Å²) in [5.74, 6) is 0. The molecule has 1 aliphatic rings. The van der Waals surface area contributed by atoms with Gasteiger partial charge in [-0.05, 0) is 25.7 Å². The smallest absolute Gasteiger partial charge is 0.259 e. The topological polar surface area (TPSA) is 63.2 Å². The first kappa shape index (κ1) is 13.8. The zero-order valence-electron chi connectivity index (χ0n) is 11.5. The lowest BCUT2D eigenvalue weighted by atomic mass is 10.1. The van der Waals surface area contributed by atoms with Crippen LogP contribution in [0.15, 0.2) is 16.2 Å². The van der Waals surface area contributed by atoms with E-state index in [1.54, 1.807) is 7.05 Å². The molecule has 5 nitrogen and oxygen atoms in total. The molecule has 0 saturated heterocycles. The van der Waals surface area contributed by atoms with E-state index in [-0.39, 0.29) is 4.90 Å². The highest BCUT2D eigenvalue weighted by Gasteiger charge is 2.37. The highest BCUT2D eigenvalue weighted by molar-refractivity contribution is 7.98. The summed E-state index contributed by atoms with van der Waals surface area (Å²) < 4.78 is 26.4. The van der Waals surface area contributed by atoms with Crippen LogP contribution in [-0.4, -0.2) is 31.7 Å². The van der Waals surface area contributed by atoms with E-state index in [0.717, 1.165) is 21.0 Å². The molecule has 0 spiro atoms. The number of hydrogen-bond donors (Lipinski definition) is 0. The third-order valence-corrected chi connectivity index (χ3v) is 7.16. The predicted octanol–water partition coefficient (Wildman–Crippen LogP) is 2.68. The van der Waals surface area contributed by atoms with Crippen LogP contribution in [0.1, 0.15) is 10.4 Å². The van der Waals surface area contributed by atoms with Crippen LogP contribution in [0.3, 0.4) is 0 Å². The first-order valence-electron chi connectivity index (χ1n) is 5.88. The third-order valence-electron chi connectivity index (χ3n) is 3.44. The van der Waals surface area contributed by atoms with Gasteiger partial charge < -0.3 is 0 Å². The van der Waals surface area contributed by atoms with Gasteiger partial charge in [-0.2, -0.15) is 0 Å². The summed E-state index contributed by atoms with van der Waals surface area (Å²) >= 11 is 2.89. The Morgan fingerprint density at radius 3 is 2.70 bits per heavy atom. The second kappa shape index (κ2) is 4.44. The fourth-order valence-electron chi connectivity index (χ4n) is 2.19. The second-order valence-corrected chi connectivity index (χ2v) is 8.42. The molecule has 20 heavy (non-hydrogen) atoms. The molecule has 0 amide bonds. The molecular weight excluding hydrogens is 314 g/mol. The summed E-state index contributed by atoms with van der Waals surface area (Å²) in [7, 11) is -1.97. The zero-order chi connectivity index (χ0) is 14.7. The number of aromatic nitrogens is 2. The first-order chi connectivity index (χ1) is 9.37. The Kier molecular flexibility index (Phi) is 3.07. The summed E-state index contributed by atoms with van der Waals surface area (Å²) in [4.78, 5) is 9.82. The number of fused-ring (bicyclic) bond motifs is 3. The fourth-order valence-corrected chi connectivity index (χ4v) is 5.14. The molecule has 0 saturated carbocycles. The Bertz CT molecular complexity index is 812. The van der Waals surface area contributed by atoms with Crippen molar-refractivity contribution in [3.05, 3.63) is 16.6 Å². The average Bonchev–Trinajstić information content (AvgIpc) is 2.72. The van der Waals surface area contributed by atoms with Crippen LogP contribution in [0, 0.1) is 13.8 Å². The quantitative estimate of drug-likeness (QED) is 0.595. The Morgan fingerprint density at radius 1 is 1.35 bits per heavy atom. The number of hydrogen-bond acceptors (Lipinski definition) is 6. The van der Waals surface area contributed by atoms with Crippen molar-refractivity contribution < 1.29 is 8.42 Å². The first-order valence-corrected chi connectivity index (χ1v) is 9.36. The van der Waals surface area contributed by atoms with Crippen LogP contribution >= 0.6 is 23.1 Å². The van der Waals surface area contributed by atoms with E-state index in [0.29, 0.717) is 10.9 Å². The molecule has 0 N–H and O–H groups in total. The highest BCUT2D eigenvalue weighted by Crippen LogP contribution is 2.48. The third kappa shape index (κ3) is 1.71. The number of aryl methyl sites for hydroxylation is 1. The molecule has 1 aliphatic heterocycles.